The van der Waals surface area contributed by atoms with Crippen LogP contribution in [-0.4, -0.2) is 13.2 Å². The van der Waals surface area contributed by atoms with Gasteiger partial charge in [-0.15, -0.1) is 0 Å². The summed E-state index contributed by atoms with van der Waals surface area (Å²) in [5.74, 6) is 0.796. The average molecular weight is 134 g/mol. The van der Waals surface area contributed by atoms with Crippen LogP contribution < -0.4 is 0 Å². The molecule has 0 saturated carbocycles. The first-order valence-corrected chi connectivity index (χ1v) is 3.36. The van der Waals surface area contributed by atoms with Crippen molar-refractivity contribution in [3.63, 3.8) is 0 Å². The van der Waals surface area contributed by atoms with Gasteiger partial charge in [0.2, 0.25) is 0 Å². The molecule has 2 aliphatic rings. The predicted molar refractivity (Wildman–Crippen MR) is 39.5 cm³/mol. The van der Waals surface area contributed by atoms with Crippen LogP contribution in [0.25, 0.3) is 5.32 Å². The molecule has 0 aromatic heterocycles. The van der Waals surface area contributed by atoms with Crippen molar-refractivity contribution in [3.05, 3.63) is 41.1 Å². The highest BCUT2D eigenvalue weighted by Gasteiger charge is 2.00. The maximum absolute atomic E-state index is 5.25. The lowest BCUT2D eigenvalue weighted by molar-refractivity contribution is 0.270. The highest BCUT2D eigenvalue weighted by molar-refractivity contribution is 5.45. The molecule has 1 aliphatic heterocycles. The summed E-state index contributed by atoms with van der Waals surface area (Å²) in [6, 6.07) is 0. The number of ether oxygens (including phenoxy) is 1. The van der Waals surface area contributed by atoms with Crippen molar-refractivity contribution in [2.75, 3.05) is 13.2 Å². The normalized spacial score (nSPS) is 21.6. The van der Waals surface area contributed by atoms with E-state index in [2.05, 4.69) is 5.32 Å². The van der Waals surface area contributed by atoms with Gasteiger partial charge in [0.05, 0.1) is 6.61 Å². The second-order valence-corrected chi connectivity index (χ2v) is 2.21. The number of hydrogen-bond acceptors (Lipinski definition) is 1. The summed E-state index contributed by atoms with van der Waals surface area (Å²) in [6.45, 7) is 1.54. The minimum absolute atomic E-state index is 0.737. The van der Waals surface area contributed by atoms with Crippen molar-refractivity contribution in [1.82, 2.24) is 0 Å². The second-order valence-electron chi connectivity index (χ2n) is 2.21. The molecule has 2 heteroatoms. The Labute approximate surface area is 59.9 Å². The van der Waals surface area contributed by atoms with Crippen molar-refractivity contribution in [1.29, 1.82) is 0 Å². The van der Waals surface area contributed by atoms with Gasteiger partial charge < -0.3 is 10.1 Å². The molecule has 0 atom stereocenters. The van der Waals surface area contributed by atoms with Gasteiger partial charge in [0.25, 0.3) is 0 Å². The summed E-state index contributed by atoms with van der Waals surface area (Å²) >= 11 is 0. The lowest BCUT2D eigenvalue weighted by Crippen LogP contribution is -1.82. The van der Waals surface area contributed by atoms with Gasteiger partial charge in [-0.3, -0.25) is 0 Å². The molecule has 0 spiro atoms. The second kappa shape index (κ2) is 2.21. The average Bonchev–Trinajstić information content (AvgIpc) is 2.59. The van der Waals surface area contributed by atoms with Gasteiger partial charge >= 0.3 is 0 Å². The molecule has 10 heavy (non-hydrogen) atoms. The Balaban J connectivity index is 2.26. The molecule has 0 bridgehead atoms. The minimum atomic E-state index is 0.737. The van der Waals surface area contributed by atoms with Crippen molar-refractivity contribution < 1.29 is 4.74 Å². The SMILES string of the molecule is C1=CC(=C2[N-]CCO2)C=C1. The Hall–Kier alpha value is -1.18. The van der Waals surface area contributed by atoms with Crippen LogP contribution >= 0.6 is 0 Å². The summed E-state index contributed by atoms with van der Waals surface area (Å²) in [5, 5.41) is 4.17. The third-order valence-corrected chi connectivity index (χ3v) is 1.50. The standard InChI is InChI=1S/C8H8NO/c1-2-4-7(3-1)8-9-5-6-10-8/h1-4H,5-6H2/q-1. The van der Waals surface area contributed by atoms with Crippen LogP contribution in [0.4, 0.5) is 0 Å². The Kier molecular flexibility index (Phi) is 1.24. The molecule has 1 heterocycles. The topological polar surface area (TPSA) is 23.3 Å². The molecule has 0 aromatic rings. The van der Waals surface area contributed by atoms with Crippen molar-refractivity contribution in [2.45, 2.75) is 0 Å². The lowest BCUT2D eigenvalue weighted by atomic mass is 10.3. The molecule has 1 saturated heterocycles. The number of hydrogen-bond donors (Lipinski definition) is 0. The van der Waals surface area contributed by atoms with Gasteiger partial charge in [0.1, 0.15) is 0 Å². The third-order valence-electron chi connectivity index (χ3n) is 1.50. The molecule has 2 nitrogen and oxygen atoms in total. The lowest BCUT2D eigenvalue weighted by Gasteiger charge is -2.12. The van der Waals surface area contributed by atoms with E-state index in [0.717, 1.165) is 24.6 Å². The van der Waals surface area contributed by atoms with E-state index >= 15 is 0 Å². The van der Waals surface area contributed by atoms with E-state index in [9.17, 15) is 0 Å². The fourth-order valence-corrected chi connectivity index (χ4v) is 1.03. The molecule has 0 N–H and O–H groups in total. The maximum Gasteiger partial charge on any atom is 0.0696 e. The largest absolute Gasteiger partial charge is 0.651 e. The van der Waals surface area contributed by atoms with Crippen LogP contribution in [0.3, 0.4) is 0 Å². The van der Waals surface area contributed by atoms with Crippen molar-refractivity contribution in [2.24, 2.45) is 0 Å². The first kappa shape index (κ1) is 5.59. The molecule has 0 amide bonds. The minimum Gasteiger partial charge on any atom is -0.651 e. The molecular weight excluding hydrogens is 126 g/mol. The first-order chi connectivity index (χ1) is 4.97. The highest BCUT2D eigenvalue weighted by atomic mass is 16.5. The Morgan fingerprint density at radius 3 is 2.70 bits per heavy atom. The fourth-order valence-electron chi connectivity index (χ4n) is 1.03. The van der Waals surface area contributed by atoms with Gasteiger partial charge in [0, 0.05) is 5.88 Å². The Morgan fingerprint density at radius 2 is 2.10 bits per heavy atom. The van der Waals surface area contributed by atoms with Crippen LogP contribution in [0, 0.1) is 0 Å². The monoisotopic (exact) mass is 134 g/mol. The molecular formula is C8H8NO-. The van der Waals surface area contributed by atoms with Crippen LogP contribution in [0.2, 0.25) is 0 Å². The van der Waals surface area contributed by atoms with E-state index in [4.69, 9.17) is 4.74 Å². The molecule has 0 unspecified atom stereocenters. The number of allylic oxidation sites excluding steroid dienone is 5. The van der Waals surface area contributed by atoms with E-state index in [1.165, 1.54) is 0 Å². The van der Waals surface area contributed by atoms with Crippen LogP contribution in [0.15, 0.2) is 35.8 Å². The van der Waals surface area contributed by atoms with Crippen molar-refractivity contribution in [3.8, 4) is 0 Å². The maximum atomic E-state index is 5.25. The van der Waals surface area contributed by atoms with Crippen LogP contribution in [0.1, 0.15) is 0 Å². The smallest absolute Gasteiger partial charge is 0.0696 e. The van der Waals surface area contributed by atoms with Gasteiger partial charge in [0.15, 0.2) is 0 Å². The van der Waals surface area contributed by atoms with E-state index in [1.807, 2.05) is 24.3 Å². The molecule has 1 fully saturated rings. The quantitative estimate of drug-likeness (QED) is 0.494. The summed E-state index contributed by atoms with van der Waals surface area (Å²) in [5.41, 5.74) is 1.09. The third kappa shape index (κ3) is 0.817. The van der Waals surface area contributed by atoms with Crippen LogP contribution in [0.5, 0.6) is 0 Å². The van der Waals surface area contributed by atoms with E-state index in [1.54, 1.807) is 0 Å². The van der Waals surface area contributed by atoms with Gasteiger partial charge in [-0.05, 0) is 5.57 Å². The first-order valence-electron chi connectivity index (χ1n) is 3.36. The van der Waals surface area contributed by atoms with Crippen LogP contribution in [-0.2, 0) is 4.74 Å². The van der Waals surface area contributed by atoms with Gasteiger partial charge in [-0.25, -0.2) is 0 Å². The van der Waals surface area contributed by atoms with E-state index in [-0.39, 0.29) is 0 Å². The Morgan fingerprint density at radius 1 is 1.30 bits per heavy atom. The molecule has 2 rings (SSSR count). The van der Waals surface area contributed by atoms with Crippen molar-refractivity contribution >= 4 is 0 Å². The zero-order chi connectivity index (χ0) is 6.81. The zero-order valence-electron chi connectivity index (χ0n) is 5.58. The van der Waals surface area contributed by atoms with Gasteiger partial charge in [-0.1, -0.05) is 30.8 Å². The predicted octanol–water partition coefficient (Wildman–Crippen LogP) is 1.73. The summed E-state index contributed by atoms with van der Waals surface area (Å²) in [7, 11) is 0. The molecule has 1 aliphatic carbocycles. The van der Waals surface area contributed by atoms with E-state index in [0.29, 0.717) is 0 Å². The molecule has 52 valence electrons. The number of nitrogens with zero attached hydrogens (tertiary/aromatic N) is 1. The summed E-state index contributed by atoms with van der Waals surface area (Å²) < 4.78 is 5.25. The highest BCUT2D eigenvalue weighted by Crippen LogP contribution is 2.22. The van der Waals surface area contributed by atoms with Gasteiger partial charge in [-0.2, -0.15) is 0 Å². The summed E-state index contributed by atoms with van der Waals surface area (Å²) in [4.78, 5) is 0. The fraction of sp³-hybridized carbons (Fsp3) is 0.250. The Bertz CT molecular complexity index is 203. The molecule has 0 aromatic carbocycles. The van der Waals surface area contributed by atoms with E-state index < -0.39 is 0 Å². The molecule has 0 radical (unpaired) electrons. The number of rotatable bonds is 0. The summed E-state index contributed by atoms with van der Waals surface area (Å²) in [6.07, 6.45) is 7.98. The zero-order valence-corrected chi connectivity index (χ0v) is 5.58.